The average molecular weight is 359 g/mol. The zero-order valence-corrected chi connectivity index (χ0v) is 15.2. The van der Waals surface area contributed by atoms with Crippen molar-refractivity contribution in [2.75, 3.05) is 12.9 Å². The summed E-state index contributed by atoms with van der Waals surface area (Å²) in [6.07, 6.45) is 0. The smallest absolute Gasteiger partial charge is 0.330 e. The molecular weight excluding hydrogens is 338 g/mol. The first kappa shape index (κ1) is 18.9. The quantitative estimate of drug-likeness (QED) is 0.742. The van der Waals surface area contributed by atoms with E-state index in [-0.39, 0.29) is 11.7 Å². The van der Waals surface area contributed by atoms with Crippen LogP contribution < -0.4 is 10.1 Å². The molecule has 0 bridgehead atoms. The van der Waals surface area contributed by atoms with Crippen molar-refractivity contribution in [2.24, 2.45) is 0 Å². The van der Waals surface area contributed by atoms with Gasteiger partial charge in [-0.3, -0.25) is 4.79 Å². The molecule has 0 aliphatic heterocycles. The summed E-state index contributed by atoms with van der Waals surface area (Å²) in [7, 11) is 1.58. The van der Waals surface area contributed by atoms with Gasteiger partial charge < -0.3 is 15.2 Å². The zero-order valence-electron chi connectivity index (χ0n) is 14.4. The van der Waals surface area contributed by atoms with E-state index >= 15 is 0 Å². The lowest BCUT2D eigenvalue weighted by atomic mass is 10.0. The van der Waals surface area contributed by atoms with Crippen molar-refractivity contribution in [1.29, 1.82) is 0 Å². The number of amides is 1. The number of hydrogen-bond acceptors (Lipinski definition) is 4. The van der Waals surface area contributed by atoms with Crippen molar-refractivity contribution in [3.63, 3.8) is 0 Å². The molecule has 1 unspecified atom stereocenters. The van der Waals surface area contributed by atoms with E-state index < -0.39 is 12.0 Å². The first-order valence-corrected chi connectivity index (χ1v) is 8.75. The van der Waals surface area contributed by atoms with Gasteiger partial charge in [0.2, 0.25) is 5.91 Å². The van der Waals surface area contributed by atoms with Crippen LogP contribution in [0.15, 0.2) is 47.4 Å². The van der Waals surface area contributed by atoms with Crippen LogP contribution in [0, 0.1) is 13.8 Å². The number of carboxylic acid groups (broad SMARTS) is 1. The molecule has 1 atom stereocenters. The second kappa shape index (κ2) is 8.58. The van der Waals surface area contributed by atoms with Gasteiger partial charge in [0.25, 0.3) is 0 Å². The lowest BCUT2D eigenvalue weighted by molar-refractivity contribution is -0.141. The van der Waals surface area contributed by atoms with Crippen LogP contribution in [-0.4, -0.2) is 29.8 Å². The van der Waals surface area contributed by atoms with Crippen molar-refractivity contribution in [3.05, 3.63) is 59.2 Å². The fourth-order valence-electron chi connectivity index (χ4n) is 2.27. The van der Waals surface area contributed by atoms with Gasteiger partial charge in [-0.2, -0.15) is 0 Å². The third-order valence-corrected chi connectivity index (χ3v) is 4.82. The maximum Gasteiger partial charge on any atom is 0.330 e. The Hall–Kier alpha value is -2.47. The van der Waals surface area contributed by atoms with Gasteiger partial charge in [0.15, 0.2) is 6.04 Å². The van der Waals surface area contributed by atoms with Crippen LogP contribution in [-0.2, 0) is 9.59 Å². The Bertz CT molecular complexity index is 776. The molecule has 132 valence electrons. The molecule has 1 amide bonds. The normalized spacial score (nSPS) is 11.6. The van der Waals surface area contributed by atoms with Crippen molar-refractivity contribution in [3.8, 4) is 5.75 Å². The Morgan fingerprint density at radius 3 is 2.56 bits per heavy atom. The number of methoxy groups -OCH3 is 1. The summed E-state index contributed by atoms with van der Waals surface area (Å²) >= 11 is 1.33. The van der Waals surface area contributed by atoms with Gasteiger partial charge in [0.1, 0.15) is 5.75 Å². The third-order valence-electron chi connectivity index (χ3n) is 3.83. The third kappa shape index (κ3) is 5.26. The van der Waals surface area contributed by atoms with Gasteiger partial charge >= 0.3 is 5.97 Å². The molecule has 2 aromatic carbocycles. The first-order valence-electron chi connectivity index (χ1n) is 7.77. The molecule has 25 heavy (non-hydrogen) atoms. The van der Waals surface area contributed by atoms with E-state index in [1.54, 1.807) is 19.2 Å². The predicted octanol–water partition coefficient (Wildman–Crippen LogP) is 3.35. The number of rotatable bonds is 7. The SMILES string of the molecule is COc1cccc(SCC(=O)NC(C(=O)O)c2ccc(C)c(C)c2)c1. The molecule has 0 aromatic heterocycles. The van der Waals surface area contributed by atoms with E-state index in [1.165, 1.54) is 11.8 Å². The van der Waals surface area contributed by atoms with Crippen molar-refractivity contribution in [2.45, 2.75) is 24.8 Å². The van der Waals surface area contributed by atoms with Crippen molar-refractivity contribution < 1.29 is 19.4 Å². The molecule has 0 heterocycles. The van der Waals surface area contributed by atoms with E-state index in [1.807, 2.05) is 44.2 Å². The van der Waals surface area contributed by atoms with Crippen LogP contribution >= 0.6 is 11.8 Å². The highest BCUT2D eigenvalue weighted by atomic mass is 32.2. The second-order valence-electron chi connectivity index (χ2n) is 5.65. The van der Waals surface area contributed by atoms with Crippen LogP contribution in [0.25, 0.3) is 0 Å². The van der Waals surface area contributed by atoms with Gasteiger partial charge in [0, 0.05) is 4.90 Å². The van der Waals surface area contributed by atoms with E-state index in [4.69, 9.17) is 4.74 Å². The zero-order chi connectivity index (χ0) is 18.4. The molecule has 2 N–H and O–H groups in total. The van der Waals surface area contributed by atoms with Crippen LogP contribution in [0.2, 0.25) is 0 Å². The monoisotopic (exact) mass is 359 g/mol. The number of aryl methyl sites for hydroxylation is 2. The lowest BCUT2D eigenvalue weighted by Gasteiger charge is -2.16. The first-order chi connectivity index (χ1) is 11.9. The molecule has 0 fully saturated rings. The largest absolute Gasteiger partial charge is 0.497 e. The molecule has 0 radical (unpaired) electrons. The topological polar surface area (TPSA) is 75.6 Å². The summed E-state index contributed by atoms with van der Waals surface area (Å²) in [5.41, 5.74) is 2.63. The number of carbonyl (C=O) groups excluding carboxylic acids is 1. The Morgan fingerprint density at radius 1 is 1.16 bits per heavy atom. The van der Waals surface area contributed by atoms with Crippen LogP contribution in [0.5, 0.6) is 5.75 Å². The molecule has 2 aromatic rings. The minimum atomic E-state index is -1.08. The molecule has 0 saturated heterocycles. The molecule has 0 aliphatic rings. The summed E-state index contributed by atoms with van der Waals surface area (Å²) < 4.78 is 5.14. The summed E-state index contributed by atoms with van der Waals surface area (Å²) in [5.74, 6) is -0.577. The van der Waals surface area contributed by atoms with Crippen LogP contribution in [0.4, 0.5) is 0 Å². The maximum atomic E-state index is 12.2. The number of benzene rings is 2. The average Bonchev–Trinajstić information content (AvgIpc) is 2.60. The summed E-state index contributed by atoms with van der Waals surface area (Å²) in [6.45, 7) is 3.87. The highest BCUT2D eigenvalue weighted by Crippen LogP contribution is 2.23. The molecular formula is C19H21NO4S. The van der Waals surface area contributed by atoms with E-state index in [9.17, 15) is 14.7 Å². The van der Waals surface area contributed by atoms with E-state index in [2.05, 4.69) is 5.32 Å². The van der Waals surface area contributed by atoms with Gasteiger partial charge in [0.05, 0.1) is 12.9 Å². The highest BCUT2D eigenvalue weighted by Gasteiger charge is 2.22. The van der Waals surface area contributed by atoms with Gasteiger partial charge in [-0.1, -0.05) is 24.3 Å². The van der Waals surface area contributed by atoms with Gasteiger partial charge in [-0.15, -0.1) is 11.8 Å². The number of aliphatic carboxylic acids is 1. The molecule has 0 saturated carbocycles. The molecule has 2 rings (SSSR count). The van der Waals surface area contributed by atoms with Crippen LogP contribution in [0.3, 0.4) is 0 Å². The maximum absolute atomic E-state index is 12.2. The van der Waals surface area contributed by atoms with E-state index in [0.29, 0.717) is 11.3 Å². The number of carbonyl (C=O) groups is 2. The summed E-state index contributed by atoms with van der Waals surface area (Å²) in [6, 6.07) is 11.7. The molecule has 6 heteroatoms. The minimum Gasteiger partial charge on any atom is -0.497 e. The number of thioether (sulfide) groups is 1. The van der Waals surface area contributed by atoms with Gasteiger partial charge in [-0.05, 0) is 48.7 Å². The number of hydrogen-bond donors (Lipinski definition) is 2. The molecule has 0 spiro atoms. The Balaban J connectivity index is 2.02. The molecule has 0 aliphatic carbocycles. The fourth-order valence-corrected chi connectivity index (χ4v) is 3.03. The minimum absolute atomic E-state index is 0.127. The standard InChI is InChI=1S/C19H21NO4S/c1-12-7-8-14(9-13(12)2)18(19(22)23)20-17(21)11-25-16-6-4-5-15(10-16)24-3/h4-10,18H,11H2,1-3H3,(H,20,21)(H,22,23). The number of ether oxygens (including phenoxy) is 1. The van der Waals surface area contributed by atoms with E-state index in [0.717, 1.165) is 16.0 Å². The summed E-state index contributed by atoms with van der Waals surface area (Å²) in [4.78, 5) is 24.6. The Morgan fingerprint density at radius 2 is 1.92 bits per heavy atom. The van der Waals surface area contributed by atoms with Gasteiger partial charge in [-0.25, -0.2) is 4.79 Å². The fraction of sp³-hybridized carbons (Fsp3) is 0.263. The Kier molecular flexibility index (Phi) is 6.47. The van der Waals surface area contributed by atoms with Crippen LogP contribution in [0.1, 0.15) is 22.7 Å². The van der Waals surface area contributed by atoms with Crippen molar-refractivity contribution in [1.82, 2.24) is 5.32 Å². The second-order valence-corrected chi connectivity index (χ2v) is 6.70. The predicted molar refractivity (Wildman–Crippen MR) is 98.2 cm³/mol. The Labute approximate surface area is 151 Å². The molecule has 5 nitrogen and oxygen atoms in total. The number of carboxylic acids is 1. The highest BCUT2D eigenvalue weighted by molar-refractivity contribution is 8.00. The lowest BCUT2D eigenvalue weighted by Crippen LogP contribution is -2.34. The van der Waals surface area contributed by atoms with Crippen molar-refractivity contribution >= 4 is 23.6 Å². The number of nitrogens with one attached hydrogen (secondary N) is 1. The summed E-state index contributed by atoms with van der Waals surface area (Å²) in [5, 5.41) is 12.0.